The lowest BCUT2D eigenvalue weighted by molar-refractivity contribution is 0.131. The van der Waals surface area contributed by atoms with Crippen LogP contribution in [-0.2, 0) is 6.54 Å². The van der Waals surface area contributed by atoms with Gasteiger partial charge >= 0.3 is 0 Å². The summed E-state index contributed by atoms with van der Waals surface area (Å²) in [6, 6.07) is 23.2. The fourth-order valence-corrected chi connectivity index (χ4v) is 3.60. The Morgan fingerprint density at radius 1 is 0.889 bits per heavy atom. The zero-order valence-electron chi connectivity index (χ0n) is 15.7. The number of hydrogen-bond donors (Lipinski definition) is 0. The van der Waals surface area contributed by atoms with Gasteiger partial charge in [-0.3, -0.25) is 9.91 Å². The molecule has 1 heterocycles. The van der Waals surface area contributed by atoms with Gasteiger partial charge in [-0.25, -0.2) is 0 Å². The van der Waals surface area contributed by atoms with Crippen molar-refractivity contribution in [3.05, 3.63) is 77.9 Å². The third-order valence-electron chi connectivity index (χ3n) is 5.12. The predicted octanol–water partition coefficient (Wildman–Crippen LogP) is 4.00. The summed E-state index contributed by atoms with van der Waals surface area (Å²) < 4.78 is 5.39. The molecule has 138 valence electrons. The summed E-state index contributed by atoms with van der Waals surface area (Å²) in [5.74, 6) is 0.857. The van der Waals surface area contributed by atoms with E-state index in [2.05, 4.69) is 57.5 Å². The third-order valence-corrected chi connectivity index (χ3v) is 5.12. The highest BCUT2D eigenvalue weighted by atomic mass is 16.5. The first kappa shape index (κ1) is 17.6. The Balaban J connectivity index is 1.37. The summed E-state index contributed by atoms with van der Waals surface area (Å²) in [6.07, 6.45) is 1.90. The van der Waals surface area contributed by atoms with Crippen LogP contribution in [0.3, 0.4) is 0 Å². The Bertz CT molecular complexity index is 924. The quantitative estimate of drug-likeness (QED) is 0.645. The van der Waals surface area contributed by atoms with E-state index in [0.717, 1.165) is 44.0 Å². The summed E-state index contributed by atoms with van der Waals surface area (Å²) in [6.45, 7) is 4.91. The van der Waals surface area contributed by atoms with Gasteiger partial charge in [0.2, 0.25) is 0 Å². The molecule has 1 aliphatic heterocycles. The molecule has 0 spiro atoms. The maximum Gasteiger partial charge on any atom is 0.127 e. The Labute approximate surface area is 160 Å². The van der Waals surface area contributed by atoms with Gasteiger partial charge in [-0.15, -0.1) is 0 Å². The fraction of sp³-hybridized carbons (Fsp3) is 0.261. The van der Waals surface area contributed by atoms with Crippen molar-refractivity contribution in [1.82, 2.24) is 9.91 Å². The third kappa shape index (κ3) is 4.12. The number of fused-ring (bicyclic) bond motifs is 1. The van der Waals surface area contributed by atoms with Crippen LogP contribution < -0.4 is 4.74 Å². The molecule has 1 aliphatic rings. The average molecular weight is 359 g/mol. The number of rotatable bonds is 5. The van der Waals surface area contributed by atoms with Crippen LogP contribution in [0.1, 0.15) is 11.1 Å². The topological polar surface area (TPSA) is 28.1 Å². The van der Waals surface area contributed by atoms with Gasteiger partial charge in [0.15, 0.2) is 0 Å². The highest BCUT2D eigenvalue weighted by molar-refractivity contribution is 5.85. The number of hydrogen-bond acceptors (Lipinski definition) is 4. The second kappa shape index (κ2) is 8.23. The second-order valence-electron chi connectivity index (χ2n) is 6.85. The summed E-state index contributed by atoms with van der Waals surface area (Å²) in [7, 11) is 1.69. The van der Waals surface area contributed by atoms with E-state index < -0.39 is 0 Å². The molecule has 27 heavy (non-hydrogen) atoms. The van der Waals surface area contributed by atoms with Crippen LogP contribution in [-0.4, -0.2) is 49.4 Å². The second-order valence-corrected chi connectivity index (χ2v) is 6.85. The monoisotopic (exact) mass is 359 g/mol. The van der Waals surface area contributed by atoms with Gasteiger partial charge in [-0.1, -0.05) is 54.6 Å². The largest absolute Gasteiger partial charge is 0.496 e. The number of ether oxygens (including phenoxy) is 1. The van der Waals surface area contributed by atoms with Crippen LogP contribution in [0.2, 0.25) is 0 Å². The van der Waals surface area contributed by atoms with Crippen LogP contribution >= 0.6 is 0 Å². The van der Waals surface area contributed by atoms with Crippen molar-refractivity contribution in [1.29, 1.82) is 0 Å². The minimum Gasteiger partial charge on any atom is -0.496 e. The van der Waals surface area contributed by atoms with E-state index in [9.17, 15) is 0 Å². The maximum absolute atomic E-state index is 5.39. The van der Waals surface area contributed by atoms with Crippen LogP contribution in [0.5, 0.6) is 5.75 Å². The van der Waals surface area contributed by atoms with Gasteiger partial charge in [0.05, 0.1) is 13.3 Å². The summed E-state index contributed by atoms with van der Waals surface area (Å²) in [4.78, 5) is 2.51. The van der Waals surface area contributed by atoms with Gasteiger partial charge in [0.25, 0.3) is 0 Å². The molecule has 4 heteroatoms. The Hall–Kier alpha value is -2.85. The SMILES string of the molecule is COc1ccccc1/C=N\N1CCN(Cc2cccc3ccccc23)CC1. The van der Waals surface area contributed by atoms with Crippen LogP contribution in [0, 0.1) is 0 Å². The van der Waals surface area contributed by atoms with Crippen molar-refractivity contribution in [2.45, 2.75) is 6.54 Å². The Morgan fingerprint density at radius 3 is 2.48 bits per heavy atom. The first-order valence-electron chi connectivity index (χ1n) is 9.44. The fourth-order valence-electron chi connectivity index (χ4n) is 3.60. The van der Waals surface area contributed by atoms with Crippen molar-refractivity contribution < 1.29 is 4.74 Å². The maximum atomic E-state index is 5.39. The van der Waals surface area contributed by atoms with Crippen molar-refractivity contribution in [3.8, 4) is 5.75 Å². The summed E-state index contributed by atoms with van der Waals surface area (Å²) in [5, 5.41) is 9.47. The standard InChI is InChI=1S/C23H25N3O/c1-27-23-12-5-3-8-20(23)17-24-26-15-13-25(14-16-26)18-21-10-6-9-19-7-2-4-11-22(19)21/h2-12,17H,13-16,18H2,1H3/b24-17-. The van der Waals surface area contributed by atoms with Crippen LogP contribution in [0.25, 0.3) is 10.8 Å². The van der Waals surface area contributed by atoms with E-state index in [1.807, 2.05) is 30.5 Å². The molecule has 0 aromatic heterocycles. The van der Waals surface area contributed by atoms with Gasteiger partial charge in [0.1, 0.15) is 5.75 Å². The number of nitrogens with zero attached hydrogens (tertiary/aromatic N) is 3. The van der Waals surface area contributed by atoms with Gasteiger partial charge < -0.3 is 4.74 Å². The number of benzene rings is 3. The number of para-hydroxylation sites is 1. The van der Waals surface area contributed by atoms with E-state index in [-0.39, 0.29) is 0 Å². The molecule has 0 amide bonds. The molecule has 0 radical (unpaired) electrons. The van der Waals surface area contributed by atoms with Crippen molar-refractivity contribution in [2.24, 2.45) is 5.10 Å². The smallest absolute Gasteiger partial charge is 0.127 e. The van der Waals surface area contributed by atoms with E-state index in [1.54, 1.807) is 7.11 Å². The average Bonchev–Trinajstić information content (AvgIpc) is 2.74. The minimum atomic E-state index is 0.857. The van der Waals surface area contributed by atoms with Crippen LogP contribution in [0.4, 0.5) is 0 Å². The van der Waals surface area contributed by atoms with Gasteiger partial charge in [0, 0.05) is 38.3 Å². The number of hydrazone groups is 1. The summed E-state index contributed by atoms with van der Waals surface area (Å²) >= 11 is 0. The number of piperazine rings is 1. The lowest BCUT2D eigenvalue weighted by Gasteiger charge is -2.33. The molecule has 3 aromatic rings. The molecular weight excluding hydrogens is 334 g/mol. The zero-order valence-corrected chi connectivity index (χ0v) is 15.7. The van der Waals surface area contributed by atoms with Gasteiger partial charge in [-0.2, -0.15) is 5.10 Å². The molecule has 0 N–H and O–H groups in total. The molecule has 4 nitrogen and oxygen atoms in total. The first-order valence-corrected chi connectivity index (χ1v) is 9.44. The molecule has 3 aromatic carbocycles. The normalized spacial score (nSPS) is 15.5. The molecule has 4 rings (SSSR count). The molecule has 0 saturated carbocycles. The first-order chi connectivity index (χ1) is 13.3. The minimum absolute atomic E-state index is 0.857. The molecule has 0 atom stereocenters. The van der Waals surface area contributed by atoms with E-state index in [1.165, 1.54) is 16.3 Å². The van der Waals surface area contributed by atoms with Crippen molar-refractivity contribution in [3.63, 3.8) is 0 Å². The lowest BCUT2D eigenvalue weighted by atomic mass is 10.0. The van der Waals surface area contributed by atoms with E-state index >= 15 is 0 Å². The highest BCUT2D eigenvalue weighted by Gasteiger charge is 2.16. The molecule has 0 unspecified atom stereocenters. The molecule has 1 fully saturated rings. The Kier molecular flexibility index (Phi) is 5.35. The molecular formula is C23H25N3O. The van der Waals surface area contributed by atoms with E-state index in [0.29, 0.717) is 0 Å². The zero-order chi connectivity index (χ0) is 18.5. The Morgan fingerprint density at radius 2 is 1.63 bits per heavy atom. The highest BCUT2D eigenvalue weighted by Crippen LogP contribution is 2.21. The molecule has 1 saturated heterocycles. The number of methoxy groups -OCH3 is 1. The molecule has 0 bridgehead atoms. The van der Waals surface area contributed by atoms with Crippen LogP contribution in [0.15, 0.2) is 71.8 Å². The summed E-state index contributed by atoms with van der Waals surface area (Å²) in [5.41, 5.74) is 2.41. The molecule has 0 aliphatic carbocycles. The van der Waals surface area contributed by atoms with Crippen molar-refractivity contribution >= 4 is 17.0 Å². The van der Waals surface area contributed by atoms with E-state index in [4.69, 9.17) is 4.74 Å². The predicted molar refractivity (Wildman–Crippen MR) is 111 cm³/mol. The van der Waals surface area contributed by atoms with Gasteiger partial charge in [-0.05, 0) is 28.5 Å². The van der Waals surface area contributed by atoms with Crippen molar-refractivity contribution in [2.75, 3.05) is 33.3 Å². The lowest BCUT2D eigenvalue weighted by Crippen LogP contribution is -2.43.